The van der Waals surface area contributed by atoms with Crippen LogP contribution in [0.3, 0.4) is 0 Å². The van der Waals surface area contributed by atoms with Crippen molar-refractivity contribution < 1.29 is 19.2 Å². The molecule has 8 nitrogen and oxygen atoms in total. The smallest absolute Gasteiger partial charge is 0.280 e. The Bertz CT molecular complexity index is 1130. The first-order valence-electron chi connectivity index (χ1n) is 10.5. The first-order chi connectivity index (χ1) is 15.6. The zero-order chi connectivity index (χ0) is 22.1. The predicted molar refractivity (Wildman–Crippen MR) is 122 cm³/mol. The van der Waals surface area contributed by atoms with Gasteiger partial charge in [-0.05, 0) is 48.9 Å². The fraction of sp³-hybridized carbons (Fsp3) is 0.304. The number of amidine groups is 1. The largest absolute Gasteiger partial charge is 0.454 e. The first kappa shape index (κ1) is 20.6. The minimum atomic E-state index is -0.476. The van der Waals surface area contributed by atoms with Crippen molar-refractivity contribution in [1.82, 2.24) is 4.90 Å². The van der Waals surface area contributed by atoms with Gasteiger partial charge in [-0.25, -0.2) is 4.99 Å². The molecule has 2 aliphatic heterocycles. The van der Waals surface area contributed by atoms with Gasteiger partial charge >= 0.3 is 0 Å². The van der Waals surface area contributed by atoms with Gasteiger partial charge in [0.05, 0.1) is 27.1 Å². The van der Waals surface area contributed by atoms with Crippen molar-refractivity contribution in [1.29, 1.82) is 0 Å². The van der Waals surface area contributed by atoms with Gasteiger partial charge in [-0.1, -0.05) is 37.5 Å². The van der Waals surface area contributed by atoms with Gasteiger partial charge in [-0.3, -0.25) is 19.8 Å². The second-order valence-corrected chi connectivity index (χ2v) is 8.84. The van der Waals surface area contributed by atoms with Crippen LogP contribution in [-0.4, -0.2) is 33.7 Å². The van der Waals surface area contributed by atoms with Crippen molar-refractivity contribution in [3.05, 3.63) is 63.0 Å². The lowest BCUT2D eigenvalue weighted by atomic mass is 9.94. The van der Waals surface area contributed by atoms with Crippen LogP contribution in [0.5, 0.6) is 11.5 Å². The average Bonchev–Trinajstić information content (AvgIpc) is 3.38. The number of aliphatic imine (C=N–C) groups is 1. The number of carbonyl (C=O) groups is 1. The molecule has 0 atom stereocenters. The fourth-order valence-corrected chi connectivity index (χ4v) is 5.25. The number of para-hydroxylation sites is 1. The number of fused-ring (bicyclic) bond motifs is 1. The molecule has 0 unspecified atom stereocenters. The van der Waals surface area contributed by atoms with E-state index in [4.69, 9.17) is 14.5 Å². The number of hydrogen-bond acceptors (Lipinski definition) is 7. The maximum absolute atomic E-state index is 13.5. The molecule has 1 saturated carbocycles. The fourth-order valence-electron chi connectivity index (χ4n) is 4.20. The third-order valence-corrected chi connectivity index (χ3v) is 6.75. The lowest BCUT2D eigenvalue weighted by Crippen LogP contribution is -2.40. The molecule has 0 bridgehead atoms. The Morgan fingerprint density at radius 1 is 1.09 bits per heavy atom. The number of nitrogens with zero attached hydrogens (tertiary/aromatic N) is 3. The second kappa shape index (κ2) is 8.66. The van der Waals surface area contributed by atoms with Gasteiger partial charge in [0, 0.05) is 6.04 Å². The molecule has 0 radical (unpaired) electrons. The molecule has 32 heavy (non-hydrogen) atoms. The van der Waals surface area contributed by atoms with E-state index in [-0.39, 0.29) is 24.4 Å². The maximum atomic E-state index is 13.5. The molecular weight excluding hydrogens is 430 g/mol. The van der Waals surface area contributed by atoms with E-state index >= 15 is 0 Å². The molecule has 1 amide bonds. The normalized spacial score (nSPS) is 21.0. The van der Waals surface area contributed by atoms with Gasteiger partial charge < -0.3 is 9.47 Å². The summed E-state index contributed by atoms with van der Waals surface area (Å²) in [6, 6.07) is 12.5. The number of carbonyl (C=O) groups excluding carboxylic acids is 1. The van der Waals surface area contributed by atoms with Crippen LogP contribution in [0.15, 0.2) is 52.4 Å². The van der Waals surface area contributed by atoms with Crippen LogP contribution < -0.4 is 9.47 Å². The van der Waals surface area contributed by atoms with Crippen molar-refractivity contribution in [3.8, 4) is 11.5 Å². The molecule has 5 rings (SSSR count). The number of nitro benzene ring substituents is 1. The number of rotatable bonds is 4. The van der Waals surface area contributed by atoms with E-state index in [0.717, 1.165) is 31.4 Å². The quantitative estimate of drug-likeness (QED) is 0.358. The monoisotopic (exact) mass is 451 g/mol. The van der Waals surface area contributed by atoms with Gasteiger partial charge in [0.1, 0.15) is 0 Å². The highest BCUT2D eigenvalue weighted by molar-refractivity contribution is 8.18. The predicted octanol–water partition coefficient (Wildman–Crippen LogP) is 5.26. The minimum absolute atomic E-state index is 0.0174. The lowest BCUT2D eigenvalue weighted by Gasteiger charge is -2.30. The molecule has 2 aromatic carbocycles. The number of hydrogen-bond donors (Lipinski definition) is 0. The molecule has 0 spiro atoms. The van der Waals surface area contributed by atoms with Gasteiger partial charge in [0.15, 0.2) is 16.7 Å². The zero-order valence-electron chi connectivity index (χ0n) is 17.2. The van der Waals surface area contributed by atoms with Crippen molar-refractivity contribution in [3.63, 3.8) is 0 Å². The summed E-state index contributed by atoms with van der Waals surface area (Å²) in [7, 11) is 0. The van der Waals surface area contributed by atoms with E-state index in [1.807, 2.05) is 30.3 Å². The Hall–Kier alpha value is -3.33. The molecule has 0 N–H and O–H groups in total. The third-order valence-electron chi connectivity index (χ3n) is 5.76. The van der Waals surface area contributed by atoms with Crippen molar-refractivity contribution >= 4 is 40.3 Å². The highest BCUT2D eigenvalue weighted by atomic mass is 32.2. The Kier molecular flexibility index (Phi) is 5.57. The number of thioether (sulfide) groups is 1. The van der Waals surface area contributed by atoms with Gasteiger partial charge in [-0.2, -0.15) is 0 Å². The van der Waals surface area contributed by atoms with Crippen LogP contribution >= 0.6 is 11.8 Å². The molecular formula is C23H21N3O5S. The summed E-state index contributed by atoms with van der Waals surface area (Å²) in [6.07, 6.45) is 6.74. The van der Waals surface area contributed by atoms with Crippen molar-refractivity contribution in [2.24, 2.45) is 4.99 Å². The van der Waals surface area contributed by atoms with Gasteiger partial charge in [0.2, 0.25) is 6.79 Å². The van der Waals surface area contributed by atoms with E-state index < -0.39 is 4.92 Å². The summed E-state index contributed by atoms with van der Waals surface area (Å²) in [5, 5.41) is 12.3. The molecule has 2 heterocycles. The van der Waals surface area contributed by atoms with E-state index in [2.05, 4.69) is 0 Å². The molecule has 9 heteroatoms. The van der Waals surface area contributed by atoms with E-state index in [1.165, 1.54) is 24.2 Å². The number of benzene rings is 2. The Balaban J connectivity index is 1.55. The van der Waals surface area contributed by atoms with E-state index in [9.17, 15) is 14.9 Å². The Morgan fingerprint density at radius 3 is 2.53 bits per heavy atom. The third kappa shape index (κ3) is 3.95. The molecule has 3 aliphatic rings. The van der Waals surface area contributed by atoms with Gasteiger partial charge in [0.25, 0.3) is 11.6 Å². The maximum Gasteiger partial charge on any atom is 0.280 e. The minimum Gasteiger partial charge on any atom is -0.454 e. The van der Waals surface area contributed by atoms with Crippen LogP contribution in [0.1, 0.15) is 37.7 Å². The zero-order valence-corrected chi connectivity index (χ0v) is 18.0. The number of ether oxygens (including phenoxy) is 2. The van der Waals surface area contributed by atoms with Crippen LogP contribution in [0.2, 0.25) is 0 Å². The Labute approximate surface area is 189 Å². The number of amides is 1. The molecule has 1 aliphatic carbocycles. The summed E-state index contributed by atoms with van der Waals surface area (Å²) in [4.78, 5) is 31.6. The van der Waals surface area contributed by atoms with Crippen LogP contribution in [-0.2, 0) is 4.79 Å². The van der Waals surface area contributed by atoms with E-state index in [0.29, 0.717) is 27.1 Å². The second-order valence-electron chi connectivity index (χ2n) is 7.83. The van der Waals surface area contributed by atoms with Crippen LogP contribution in [0, 0.1) is 10.1 Å². The van der Waals surface area contributed by atoms with Crippen LogP contribution in [0.25, 0.3) is 6.08 Å². The van der Waals surface area contributed by atoms with Crippen molar-refractivity contribution in [2.75, 3.05) is 6.79 Å². The molecule has 164 valence electrons. The first-order valence-corrected chi connectivity index (χ1v) is 11.4. The van der Waals surface area contributed by atoms with Crippen molar-refractivity contribution in [2.45, 2.75) is 38.1 Å². The topological polar surface area (TPSA) is 94.3 Å². The molecule has 1 saturated heterocycles. The highest BCUT2D eigenvalue weighted by Gasteiger charge is 2.39. The Morgan fingerprint density at radius 2 is 1.81 bits per heavy atom. The summed E-state index contributed by atoms with van der Waals surface area (Å²) in [5.41, 5.74) is 0.936. The SMILES string of the molecule is O=C1/C(=C\c2cc3c(cc2[N+](=O)[O-])OCO3)SC(=Nc2ccccc2)N1C1CCCCC1. The van der Waals surface area contributed by atoms with Gasteiger partial charge in [-0.15, -0.1) is 0 Å². The van der Waals surface area contributed by atoms with E-state index in [1.54, 1.807) is 17.0 Å². The lowest BCUT2D eigenvalue weighted by molar-refractivity contribution is -0.385. The molecule has 0 aromatic heterocycles. The number of nitro groups is 1. The highest BCUT2D eigenvalue weighted by Crippen LogP contribution is 2.42. The summed E-state index contributed by atoms with van der Waals surface area (Å²) in [6.45, 7) is 0.0174. The summed E-state index contributed by atoms with van der Waals surface area (Å²) in [5.74, 6) is 0.600. The molecule has 2 aromatic rings. The average molecular weight is 452 g/mol. The summed E-state index contributed by atoms with van der Waals surface area (Å²) >= 11 is 1.26. The molecule has 2 fully saturated rings. The standard InChI is InChI=1S/C23H21N3O5S/c27-22-21(12-15-11-19-20(31-14-30-19)13-18(15)26(28)29)32-23(24-16-7-3-1-4-8-16)25(22)17-9-5-2-6-10-17/h1,3-4,7-8,11-13,17H,2,5-6,9-10,14H2/b21-12+,24-23?. The van der Waals surface area contributed by atoms with Crippen LogP contribution in [0.4, 0.5) is 11.4 Å². The summed E-state index contributed by atoms with van der Waals surface area (Å²) < 4.78 is 10.6.